The Morgan fingerprint density at radius 2 is 1.68 bits per heavy atom. The molecule has 6 heteroatoms. The first-order chi connectivity index (χ1) is 19.7. The molecule has 204 valence electrons. The van der Waals surface area contributed by atoms with Crippen molar-refractivity contribution in [3.8, 4) is 23.5 Å². The van der Waals surface area contributed by atoms with Crippen molar-refractivity contribution in [3.05, 3.63) is 125 Å². The number of carboxylic acids is 1. The fraction of sp³-hybridized carbons (Fsp3) is 0.171. The molecule has 1 heterocycles. The van der Waals surface area contributed by atoms with Crippen LogP contribution in [0, 0.1) is 19.3 Å². The van der Waals surface area contributed by atoms with E-state index in [1.807, 2.05) is 73.7 Å². The Morgan fingerprint density at radius 3 is 2.39 bits per heavy atom. The Kier molecular flexibility index (Phi) is 7.71. The lowest BCUT2D eigenvalue weighted by atomic mass is 9.98. The Morgan fingerprint density at radius 1 is 0.951 bits per heavy atom. The third-order valence-electron chi connectivity index (χ3n) is 7.32. The van der Waals surface area contributed by atoms with Gasteiger partial charge >= 0.3 is 5.97 Å². The minimum atomic E-state index is -0.956. The second-order valence-electron chi connectivity index (χ2n) is 10.4. The van der Waals surface area contributed by atoms with Crippen molar-refractivity contribution in [1.29, 1.82) is 0 Å². The third-order valence-corrected chi connectivity index (χ3v) is 7.32. The van der Waals surface area contributed by atoms with E-state index in [0.29, 0.717) is 23.6 Å². The summed E-state index contributed by atoms with van der Waals surface area (Å²) in [5, 5.41) is 12.5. The minimum Gasteiger partial charge on any atom is -0.478 e. The molecule has 2 N–H and O–H groups in total. The lowest BCUT2D eigenvalue weighted by molar-refractivity contribution is 0.0697. The van der Waals surface area contributed by atoms with Crippen LogP contribution in [0.3, 0.4) is 0 Å². The predicted octanol–water partition coefficient (Wildman–Crippen LogP) is 6.99. The first-order valence-corrected chi connectivity index (χ1v) is 13.5. The van der Waals surface area contributed by atoms with Gasteiger partial charge in [0.05, 0.1) is 16.6 Å². The zero-order valence-corrected chi connectivity index (χ0v) is 23.3. The van der Waals surface area contributed by atoms with E-state index in [1.54, 1.807) is 18.2 Å². The maximum atomic E-state index is 13.3. The average molecular weight is 542 g/mol. The fourth-order valence-electron chi connectivity index (χ4n) is 5.01. The normalized spacial score (nSPS) is 11.8. The van der Waals surface area contributed by atoms with E-state index in [0.717, 1.165) is 39.1 Å². The van der Waals surface area contributed by atoms with Crippen molar-refractivity contribution >= 4 is 22.9 Å². The number of hydrogen-bond acceptors (Lipinski definition) is 3. The van der Waals surface area contributed by atoms with Crippen molar-refractivity contribution in [2.45, 2.75) is 39.3 Å². The second kappa shape index (κ2) is 11.5. The van der Waals surface area contributed by atoms with Crippen molar-refractivity contribution in [2.24, 2.45) is 0 Å². The summed E-state index contributed by atoms with van der Waals surface area (Å²) in [6.45, 7) is 6.72. The minimum absolute atomic E-state index is 0.253. The number of aryl methyl sites for hydroxylation is 1. The molecule has 6 nitrogen and oxygen atoms in total. The van der Waals surface area contributed by atoms with E-state index in [2.05, 4.69) is 35.7 Å². The highest BCUT2D eigenvalue weighted by Gasteiger charge is 2.17. The monoisotopic (exact) mass is 541 g/mol. The predicted molar refractivity (Wildman–Crippen MR) is 162 cm³/mol. The molecule has 0 aliphatic heterocycles. The number of carboxylic acid groups (broad SMARTS) is 1. The van der Waals surface area contributed by atoms with Crippen LogP contribution in [0.4, 0.5) is 0 Å². The van der Waals surface area contributed by atoms with Crippen LogP contribution in [0.1, 0.15) is 69.0 Å². The summed E-state index contributed by atoms with van der Waals surface area (Å²) in [6.07, 6.45) is 5.82. The number of carbonyl (C=O) groups excluding carboxylic acids is 1. The van der Waals surface area contributed by atoms with E-state index in [9.17, 15) is 14.7 Å². The molecular formula is C35H31N3O3. The third kappa shape index (κ3) is 5.75. The van der Waals surface area contributed by atoms with Gasteiger partial charge in [0.1, 0.15) is 11.9 Å². The second-order valence-corrected chi connectivity index (χ2v) is 10.4. The van der Waals surface area contributed by atoms with Crippen LogP contribution in [0.2, 0.25) is 0 Å². The van der Waals surface area contributed by atoms with Crippen molar-refractivity contribution in [2.75, 3.05) is 0 Å². The van der Waals surface area contributed by atoms with Gasteiger partial charge in [0.15, 0.2) is 0 Å². The maximum absolute atomic E-state index is 13.3. The fourth-order valence-corrected chi connectivity index (χ4v) is 5.01. The average Bonchev–Trinajstić information content (AvgIpc) is 3.29. The highest BCUT2D eigenvalue weighted by molar-refractivity contribution is 5.98. The lowest BCUT2D eigenvalue weighted by Crippen LogP contribution is -2.27. The van der Waals surface area contributed by atoms with Crippen molar-refractivity contribution in [3.63, 3.8) is 0 Å². The van der Waals surface area contributed by atoms with Crippen LogP contribution < -0.4 is 5.32 Å². The maximum Gasteiger partial charge on any atom is 0.336 e. The summed E-state index contributed by atoms with van der Waals surface area (Å²) in [4.78, 5) is 29.6. The number of nitrogens with one attached hydrogen (secondary N) is 1. The summed E-state index contributed by atoms with van der Waals surface area (Å²) in [5.41, 5.74) is 6.98. The van der Waals surface area contributed by atoms with Crippen LogP contribution >= 0.6 is 0 Å². The number of carbonyl (C=O) groups is 2. The summed E-state index contributed by atoms with van der Waals surface area (Å²) in [6, 6.07) is 27.7. The van der Waals surface area contributed by atoms with Gasteiger partial charge in [-0.05, 0) is 64.9 Å². The van der Waals surface area contributed by atoms with Crippen LogP contribution in [0.25, 0.3) is 22.2 Å². The molecule has 0 bridgehead atoms. The van der Waals surface area contributed by atoms with Crippen LogP contribution in [-0.4, -0.2) is 26.5 Å². The molecule has 0 unspecified atom stereocenters. The Balaban J connectivity index is 1.39. The number of amides is 1. The number of aromatic carboxylic acids is 1. The topological polar surface area (TPSA) is 84.2 Å². The zero-order chi connectivity index (χ0) is 29.1. The molecule has 1 atom stereocenters. The van der Waals surface area contributed by atoms with Crippen LogP contribution in [0.15, 0.2) is 91.0 Å². The highest BCUT2D eigenvalue weighted by atomic mass is 16.4. The quantitative estimate of drug-likeness (QED) is 0.208. The SMILES string of the molecule is C#C[C@H](NC(=O)c1ccc2nc(C)n(Cc3ccc(-c4ccccc4C(=O)O)cc3)c2c1)c1cccc(C(C)C)c1. The standard InChI is InChI=1S/C35H31N3O3/c1-5-31(27-10-8-9-26(19-27)22(2)3)37-34(39)28-17-18-32-33(20-28)38(23(4)36-32)21-24-13-15-25(16-14-24)29-11-6-7-12-30(29)35(40)41/h1,6-20,22,31H,21H2,2-4H3,(H,37,39)(H,40,41)/t31-/m0/s1. The molecule has 0 saturated carbocycles. The van der Waals surface area contributed by atoms with Gasteiger partial charge in [-0.25, -0.2) is 9.78 Å². The number of rotatable bonds is 8. The largest absolute Gasteiger partial charge is 0.478 e. The van der Waals surface area contributed by atoms with E-state index >= 15 is 0 Å². The van der Waals surface area contributed by atoms with Gasteiger partial charge in [0.25, 0.3) is 5.91 Å². The van der Waals surface area contributed by atoms with E-state index < -0.39 is 12.0 Å². The molecular weight excluding hydrogens is 510 g/mol. The van der Waals surface area contributed by atoms with Gasteiger partial charge in [-0.2, -0.15) is 0 Å². The van der Waals surface area contributed by atoms with Gasteiger partial charge in [-0.1, -0.05) is 86.5 Å². The van der Waals surface area contributed by atoms with E-state index in [-0.39, 0.29) is 11.5 Å². The van der Waals surface area contributed by atoms with Gasteiger partial charge in [0.2, 0.25) is 0 Å². The van der Waals surface area contributed by atoms with Gasteiger partial charge in [0, 0.05) is 12.1 Å². The van der Waals surface area contributed by atoms with Crippen LogP contribution in [-0.2, 0) is 6.54 Å². The lowest BCUT2D eigenvalue weighted by Gasteiger charge is -2.16. The molecule has 5 aromatic rings. The molecule has 41 heavy (non-hydrogen) atoms. The molecule has 0 spiro atoms. The molecule has 0 aliphatic carbocycles. The summed E-state index contributed by atoms with van der Waals surface area (Å²) in [7, 11) is 0. The number of imidazole rings is 1. The van der Waals surface area contributed by atoms with E-state index in [1.165, 1.54) is 0 Å². The van der Waals surface area contributed by atoms with Crippen molar-refractivity contribution in [1.82, 2.24) is 14.9 Å². The number of benzene rings is 4. The van der Waals surface area contributed by atoms with Crippen molar-refractivity contribution < 1.29 is 14.7 Å². The Labute approximate surface area is 239 Å². The van der Waals surface area contributed by atoms with Crippen LogP contribution in [0.5, 0.6) is 0 Å². The summed E-state index contributed by atoms with van der Waals surface area (Å²) in [5.74, 6) is 2.68. The molecule has 0 aliphatic rings. The molecule has 0 saturated heterocycles. The Bertz CT molecular complexity index is 1790. The summed E-state index contributed by atoms with van der Waals surface area (Å²) >= 11 is 0. The molecule has 0 fully saturated rings. The number of terminal acetylenes is 1. The molecule has 4 aromatic carbocycles. The van der Waals surface area contributed by atoms with Gasteiger partial charge < -0.3 is 15.0 Å². The first-order valence-electron chi connectivity index (χ1n) is 13.5. The van der Waals surface area contributed by atoms with E-state index in [4.69, 9.17) is 11.4 Å². The van der Waals surface area contributed by atoms with Gasteiger partial charge in [-0.15, -0.1) is 6.42 Å². The highest BCUT2D eigenvalue weighted by Crippen LogP contribution is 2.26. The van der Waals surface area contributed by atoms with Gasteiger partial charge in [-0.3, -0.25) is 4.79 Å². The molecule has 1 amide bonds. The first kappa shape index (κ1) is 27.4. The zero-order valence-electron chi connectivity index (χ0n) is 23.3. The molecule has 5 rings (SSSR count). The molecule has 0 radical (unpaired) electrons. The Hall–Kier alpha value is -5.15. The summed E-state index contributed by atoms with van der Waals surface area (Å²) < 4.78 is 2.07. The smallest absolute Gasteiger partial charge is 0.336 e. The number of aromatic nitrogens is 2. The number of fused-ring (bicyclic) bond motifs is 1. The number of nitrogens with zero attached hydrogens (tertiary/aromatic N) is 2. The molecule has 1 aromatic heterocycles. The number of hydrogen-bond donors (Lipinski definition) is 2.